The summed E-state index contributed by atoms with van der Waals surface area (Å²) in [6.07, 6.45) is 5.09. The van der Waals surface area contributed by atoms with E-state index in [9.17, 15) is 5.11 Å². The lowest BCUT2D eigenvalue weighted by molar-refractivity contribution is -0.0567. The standard InChI is InChI=1S/C15H24O/c1-12(2)6-5-11(16)15-10-7-9(13(15,3)4)8-14(10,12)15/h9-11,16H,5-8H2,1-4H3/t9-,10+,11+,14-,15+/m1/s1. The fraction of sp³-hybridized carbons (Fsp3) is 1.00. The van der Waals surface area contributed by atoms with Crippen LogP contribution in [0.2, 0.25) is 0 Å². The first-order valence-electron chi connectivity index (χ1n) is 7.00. The molecule has 0 saturated heterocycles. The maximum Gasteiger partial charge on any atom is 0.0610 e. The van der Waals surface area contributed by atoms with E-state index in [4.69, 9.17) is 0 Å². The van der Waals surface area contributed by atoms with Gasteiger partial charge in [0.2, 0.25) is 0 Å². The minimum absolute atomic E-state index is 0.00646. The highest BCUT2D eigenvalue weighted by atomic mass is 16.3. The van der Waals surface area contributed by atoms with Crippen LogP contribution in [0.3, 0.4) is 0 Å². The van der Waals surface area contributed by atoms with E-state index in [-0.39, 0.29) is 6.10 Å². The average Bonchev–Trinajstić information content (AvgIpc) is 2.47. The monoisotopic (exact) mass is 220 g/mol. The summed E-state index contributed by atoms with van der Waals surface area (Å²) in [4.78, 5) is 0. The second kappa shape index (κ2) is 2.13. The summed E-state index contributed by atoms with van der Waals surface area (Å²) in [7, 11) is 0. The highest BCUT2D eigenvalue weighted by Gasteiger charge is 2.95. The molecule has 5 rings (SSSR count). The van der Waals surface area contributed by atoms with Crippen LogP contribution in [-0.2, 0) is 0 Å². The van der Waals surface area contributed by atoms with E-state index in [0.29, 0.717) is 21.7 Å². The van der Waals surface area contributed by atoms with Gasteiger partial charge in [-0.25, -0.2) is 0 Å². The smallest absolute Gasteiger partial charge is 0.0610 e. The molecular formula is C15H24O. The van der Waals surface area contributed by atoms with Crippen LogP contribution in [-0.4, -0.2) is 11.2 Å². The van der Waals surface area contributed by atoms with E-state index in [2.05, 4.69) is 27.7 Å². The zero-order valence-corrected chi connectivity index (χ0v) is 11.0. The molecule has 4 bridgehead atoms. The van der Waals surface area contributed by atoms with Gasteiger partial charge in [0.1, 0.15) is 0 Å². The number of aliphatic hydroxyl groups is 1. The Morgan fingerprint density at radius 1 is 1.12 bits per heavy atom. The van der Waals surface area contributed by atoms with Crippen molar-refractivity contribution >= 4 is 0 Å². The van der Waals surface area contributed by atoms with E-state index < -0.39 is 0 Å². The summed E-state index contributed by atoms with van der Waals surface area (Å²) in [5.74, 6) is 1.75. The van der Waals surface area contributed by atoms with Crippen LogP contribution in [0.1, 0.15) is 53.4 Å². The van der Waals surface area contributed by atoms with Gasteiger partial charge in [0.15, 0.2) is 0 Å². The highest BCUT2D eigenvalue weighted by molar-refractivity contribution is 5.42. The van der Waals surface area contributed by atoms with Crippen molar-refractivity contribution in [3.63, 3.8) is 0 Å². The van der Waals surface area contributed by atoms with E-state index in [1.165, 1.54) is 19.3 Å². The Labute approximate surface area is 98.6 Å². The second-order valence-electron chi connectivity index (χ2n) is 8.19. The van der Waals surface area contributed by atoms with Crippen LogP contribution in [0.4, 0.5) is 0 Å². The average molecular weight is 220 g/mol. The molecule has 0 heterocycles. The van der Waals surface area contributed by atoms with Crippen LogP contribution < -0.4 is 0 Å². The molecule has 5 aliphatic rings. The van der Waals surface area contributed by atoms with E-state index in [1.807, 2.05) is 0 Å². The Bertz CT molecular complexity index is 383. The van der Waals surface area contributed by atoms with Gasteiger partial charge >= 0.3 is 0 Å². The van der Waals surface area contributed by atoms with Gasteiger partial charge in [0.25, 0.3) is 0 Å². The van der Waals surface area contributed by atoms with Crippen LogP contribution in [0, 0.1) is 33.5 Å². The van der Waals surface area contributed by atoms with Crippen molar-refractivity contribution < 1.29 is 5.11 Å². The molecule has 0 unspecified atom stereocenters. The molecule has 0 aromatic carbocycles. The molecule has 2 spiro atoms. The molecule has 1 N–H and O–H groups in total. The molecule has 0 amide bonds. The molecule has 0 aromatic heterocycles. The summed E-state index contributed by atoms with van der Waals surface area (Å²) in [5, 5.41) is 10.6. The summed E-state index contributed by atoms with van der Waals surface area (Å²) in [5.41, 5.74) is 1.70. The first-order valence-corrected chi connectivity index (χ1v) is 7.00. The number of hydrogen-bond donors (Lipinski definition) is 1. The van der Waals surface area contributed by atoms with Gasteiger partial charge in [-0.2, -0.15) is 0 Å². The minimum Gasteiger partial charge on any atom is -0.392 e. The van der Waals surface area contributed by atoms with Crippen molar-refractivity contribution in [3.05, 3.63) is 0 Å². The van der Waals surface area contributed by atoms with Crippen LogP contribution in [0.5, 0.6) is 0 Å². The quantitative estimate of drug-likeness (QED) is 0.664. The van der Waals surface area contributed by atoms with Crippen molar-refractivity contribution in [1.29, 1.82) is 0 Å². The molecule has 5 saturated carbocycles. The van der Waals surface area contributed by atoms with Crippen LogP contribution in [0.25, 0.3) is 0 Å². The van der Waals surface area contributed by atoms with Crippen LogP contribution >= 0.6 is 0 Å². The first-order chi connectivity index (χ1) is 7.32. The Morgan fingerprint density at radius 3 is 2.38 bits per heavy atom. The number of aliphatic hydroxyl groups excluding tert-OH is 1. The lowest BCUT2D eigenvalue weighted by Crippen LogP contribution is -2.44. The molecule has 1 heteroatoms. The van der Waals surface area contributed by atoms with Crippen LogP contribution in [0.15, 0.2) is 0 Å². The molecule has 0 aliphatic heterocycles. The Kier molecular flexibility index (Phi) is 1.33. The minimum atomic E-state index is -0.00646. The molecule has 16 heavy (non-hydrogen) atoms. The fourth-order valence-corrected chi connectivity index (χ4v) is 7.23. The van der Waals surface area contributed by atoms with E-state index >= 15 is 0 Å². The van der Waals surface area contributed by atoms with Crippen molar-refractivity contribution in [2.45, 2.75) is 59.5 Å². The van der Waals surface area contributed by atoms with Gasteiger partial charge in [0.05, 0.1) is 6.10 Å². The highest BCUT2D eigenvalue weighted by Crippen LogP contribution is 2.99. The third kappa shape index (κ3) is 0.573. The zero-order chi connectivity index (χ0) is 11.6. The molecule has 5 fully saturated rings. The Morgan fingerprint density at radius 2 is 1.81 bits per heavy atom. The lowest BCUT2D eigenvalue weighted by atomic mass is 9.60. The molecule has 90 valence electrons. The van der Waals surface area contributed by atoms with Gasteiger partial charge in [-0.3, -0.25) is 0 Å². The van der Waals surface area contributed by atoms with Gasteiger partial charge in [-0.15, -0.1) is 0 Å². The van der Waals surface area contributed by atoms with E-state index in [0.717, 1.165) is 18.3 Å². The summed E-state index contributed by atoms with van der Waals surface area (Å²) in [6.45, 7) is 9.82. The first kappa shape index (κ1) is 9.94. The number of hydrogen-bond acceptors (Lipinski definition) is 1. The van der Waals surface area contributed by atoms with Gasteiger partial charge in [-0.05, 0) is 53.8 Å². The van der Waals surface area contributed by atoms with Gasteiger partial charge in [0, 0.05) is 5.41 Å². The normalized spacial score (nSPS) is 63.2. The summed E-state index contributed by atoms with van der Waals surface area (Å²) < 4.78 is 0. The molecule has 0 radical (unpaired) electrons. The van der Waals surface area contributed by atoms with Crippen molar-refractivity contribution in [3.8, 4) is 0 Å². The van der Waals surface area contributed by atoms with Crippen molar-refractivity contribution in [1.82, 2.24) is 0 Å². The molecule has 1 nitrogen and oxygen atoms in total. The van der Waals surface area contributed by atoms with Gasteiger partial charge in [-0.1, -0.05) is 27.7 Å². The summed E-state index contributed by atoms with van der Waals surface area (Å²) in [6, 6.07) is 0. The van der Waals surface area contributed by atoms with Crippen molar-refractivity contribution in [2.24, 2.45) is 33.5 Å². The SMILES string of the molecule is CC1(C)[C@@H]2C[C@@H]3[C@]14[C@@H](O)CCC(C)(C)[C@@]34C2. The molecular weight excluding hydrogens is 196 g/mol. The van der Waals surface area contributed by atoms with Crippen molar-refractivity contribution in [2.75, 3.05) is 0 Å². The van der Waals surface area contributed by atoms with Gasteiger partial charge < -0.3 is 5.11 Å². The lowest BCUT2D eigenvalue weighted by Gasteiger charge is -2.46. The predicted octanol–water partition coefficient (Wildman–Crippen LogP) is 3.22. The Hall–Kier alpha value is -0.0400. The second-order valence-corrected chi connectivity index (χ2v) is 8.19. The molecule has 5 atom stereocenters. The van der Waals surface area contributed by atoms with E-state index in [1.54, 1.807) is 0 Å². The third-order valence-electron chi connectivity index (χ3n) is 7.75. The maximum atomic E-state index is 10.6. The number of rotatable bonds is 0. The third-order valence-corrected chi connectivity index (χ3v) is 7.75. The Balaban J connectivity index is 1.96. The summed E-state index contributed by atoms with van der Waals surface area (Å²) >= 11 is 0. The maximum absolute atomic E-state index is 10.6. The zero-order valence-electron chi connectivity index (χ0n) is 11.0. The fourth-order valence-electron chi connectivity index (χ4n) is 7.23. The largest absolute Gasteiger partial charge is 0.392 e. The molecule has 0 aromatic rings. The predicted molar refractivity (Wildman–Crippen MR) is 63.9 cm³/mol. The molecule has 5 aliphatic carbocycles. The topological polar surface area (TPSA) is 20.2 Å².